The van der Waals surface area contributed by atoms with Gasteiger partial charge in [0.25, 0.3) is 0 Å². The van der Waals surface area contributed by atoms with Crippen LogP contribution in [0.4, 0.5) is 0 Å². The van der Waals surface area contributed by atoms with E-state index >= 15 is 0 Å². The Kier molecular flexibility index (Phi) is 16.9. The molecular formula is C6H18N3Na. The fourth-order valence-corrected chi connectivity index (χ4v) is 0.400. The zero-order chi connectivity index (χ0) is 6.57. The second kappa shape index (κ2) is 9.88. The van der Waals surface area contributed by atoms with E-state index in [1.807, 2.05) is 0 Å². The molecule has 0 fully saturated rings. The summed E-state index contributed by atoms with van der Waals surface area (Å²) in [5.41, 5.74) is 0. The Balaban J connectivity index is -0.000000245. The second-order valence-electron chi connectivity index (χ2n) is 2.61. The predicted octanol–water partition coefficient (Wildman–Crippen LogP) is -2.17. The van der Waals surface area contributed by atoms with Crippen LogP contribution in [0.25, 0.3) is 6.15 Å². The Morgan fingerprint density at radius 3 is 1.10 bits per heavy atom. The fraction of sp³-hybridized carbons (Fsp3) is 1.00. The van der Waals surface area contributed by atoms with Crippen molar-refractivity contribution >= 4 is 0 Å². The van der Waals surface area contributed by atoms with Crippen LogP contribution in [0.15, 0.2) is 0 Å². The van der Waals surface area contributed by atoms with E-state index in [2.05, 4.69) is 38.0 Å². The van der Waals surface area contributed by atoms with Gasteiger partial charge in [0.2, 0.25) is 0 Å². The SMILES string of the molecule is CN(C)CCN(C)C.[NH2-].[Na+]. The molecule has 0 heterocycles. The molecule has 0 aromatic carbocycles. The molecule has 0 atom stereocenters. The van der Waals surface area contributed by atoms with Gasteiger partial charge in [-0.3, -0.25) is 0 Å². The Morgan fingerprint density at radius 2 is 1.00 bits per heavy atom. The Bertz CT molecular complexity index is 49.0. The summed E-state index contributed by atoms with van der Waals surface area (Å²) in [5, 5.41) is 0. The van der Waals surface area contributed by atoms with Crippen molar-refractivity contribution in [3.63, 3.8) is 0 Å². The molecule has 0 unspecified atom stereocenters. The molecule has 0 aromatic heterocycles. The standard InChI is InChI=1S/C6H16N2.H2N.Na/c1-7(2)5-6-8(3)4;;/h5-6H2,1-4H3;1H2;/q;-1;+1. The van der Waals surface area contributed by atoms with Crippen LogP contribution in [-0.4, -0.2) is 51.1 Å². The van der Waals surface area contributed by atoms with Gasteiger partial charge in [0, 0.05) is 13.1 Å². The van der Waals surface area contributed by atoms with Crippen molar-refractivity contribution in [3.8, 4) is 0 Å². The minimum absolute atomic E-state index is 0. The summed E-state index contributed by atoms with van der Waals surface area (Å²) in [7, 11) is 8.35. The van der Waals surface area contributed by atoms with Crippen molar-refractivity contribution < 1.29 is 29.6 Å². The molecule has 0 rings (SSSR count). The quantitative estimate of drug-likeness (QED) is 0.435. The monoisotopic (exact) mass is 155 g/mol. The molecule has 0 saturated carbocycles. The zero-order valence-electron chi connectivity index (χ0n) is 7.89. The molecular weight excluding hydrogens is 137 g/mol. The van der Waals surface area contributed by atoms with Crippen LogP contribution in [0.3, 0.4) is 0 Å². The minimum atomic E-state index is 0. The van der Waals surface area contributed by atoms with Crippen LogP contribution in [0.5, 0.6) is 0 Å². The molecule has 0 amide bonds. The summed E-state index contributed by atoms with van der Waals surface area (Å²) in [6, 6.07) is 0. The molecule has 0 bridgehead atoms. The molecule has 0 radical (unpaired) electrons. The molecule has 0 saturated heterocycles. The van der Waals surface area contributed by atoms with E-state index in [4.69, 9.17) is 0 Å². The van der Waals surface area contributed by atoms with Gasteiger partial charge in [0.1, 0.15) is 0 Å². The average molecular weight is 155 g/mol. The van der Waals surface area contributed by atoms with Crippen LogP contribution in [0, 0.1) is 0 Å². The van der Waals surface area contributed by atoms with Crippen LogP contribution in [0.2, 0.25) is 0 Å². The molecule has 4 heteroatoms. The van der Waals surface area contributed by atoms with Crippen molar-refractivity contribution in [2.75, 3.05) is 41.3 Å². The van der Waals surface area contributed by atoms with Gasteiger partial charge >= 0.3 is 29.6 Å². The average Bonchev–Trinajstić information content (AvgIpc) is 1.61. The third-order valence-corrected chi connectivity index (χ3v) is 0.994. The normalized spacial score (nSPS) is 9.00. The van der Waals surface area contributed by atoms with Crippen molar-refractivity contribution in [3.05, 3.63) is 6.15 Å². The van der Waals surface area contributed by atoms with Crippen LogP contribution in [0.1, 0.15) is 0 Å². The van der Waals surface area contributed by atoms with Crippen LogP contribution >= 0.6 is 0 Å². The molecule has 58 valence electrons. The van der Waals surface area contributed by atoms with E-state index in [1.54, 1.807) is 0 Å². The summed E-state index contributed by atoms with van der Waals surface area (Å²) >= 11 is 0. The van der Waals surface area contributed by atoms with Gasteiger partial charge in [-0.05, 0) is 28.2 Å². The summed E-state index contributed by atoms with van der Waals surface area (Å²) in [5.74, 6) is 0. The maximum absolute atomic E-state index is 2.18. The minimum Gasteiger partial charge on any atom is -0.693 e. The van der Waals surface area contributed by atoms with E-state index < -0.39 is 0 Å². The number of nitrogens with zero attached hydrogens (tertiary/aromatic N) is 2. The molecule has 10 heavy (non-hydrogen) atoms. The Hall–Kier alpha value is 0.880. The van der Waals surface area contributed by atoms with Crippen LogP contribution in [-0.2, 0) is 0 Å². The Morgan fingerprint density at radius 1 is 0.800 bits per heavy atom. The zero-order valence-corrected chi connectivity index (χ0v) is 9.89. The van der Waals surface area contributed by atoms with Crippen molar-refractivity contribution in [2.45, 2.75) is 0 Å². The first-order valence-electron chi connectivity index (χ1n) is 2.92. The Labute approximate surface area is 86.6 Å². The summed E-state index contributed by atoms with van der Waals surface area (Å²) in [6.07, 6.45) is 0. The van der Waals surface area contributed by atoms with E-state index in [0.717, 1.165) is 13.1 Å². The first-order valence-corrected chi connectivity index (χ1v) is 2.92. The summed E-state index contributed by atoms with van der Waals surface area (Å²) in [6.45, 7) is 2.29. The first kappa shape index (κ1) is 17.1. The van der Waals surface area contributed by atoms with E-state index in [0.29, 0.717) is 0 Å². The molecule has 0 spiro atoms. The number of likely N-dealkylation sites (N-methyl/N-ethyl adjacent to an activating group) is 2. The summed E-state index contributed by atoms with van der Waals surface area (Å²) in [4.78, 5) is 4.36. The van der Waals surface area contributed by atoms with Crippen LogP contribution < -0.4 is 29.6 Å². The predicted molar refractivity (Wildman–Crippen MR) is 42.4 cm³/mol. The van der Waals surface area contributed by atoms with Crippen molar-refractivity contribution in [1.82, 2.24) is 9.80 Å². The molecule has 3 nitrogen and oxygen atoms in total. The molecule has 0 aliphatic carbocycles. The van der Waals surface area contributed by atoms with Gasteiger partial charge in [0.15, 0.2) is 0 Å². The van der Waals surface area contributed by atoms with Crippen molar-refractivity contribution in [1.29, 1.82) is 0 Å². The molecule has 0 aliphatic rings. The maximum Gasteiger partial charge on any atom is 1.00 e. The molecule has 0 aromatic rings. The van der Waals surface area contributed by atoms with Gasteiger partial charge in [-0.25, -0.2) is 0 Å². The molecule has 2 N–H and O–H groups in total. The van der Waals surface area contributed by atoms with E-state index in [1.165, 1.54) is 0 Å². The van der Waals surface area contributed by atoms with Crippen molar-refractivity contribution in [2.24, 2.45) is 0 Å². The van der Waals surface area contributed by atoms with Gasteiger partial charge in [0.05, 0.1) is 0 Å². The number of rotatable bonds is 3. The van der Waals surface area contributed by atoms with E-state index in [-0.39, 0.29) is 35.7 Å². The maximum atomic E-state index is 2.18. The van der Waals surface area contributed by atoms with Gasteiger partial charge in [-0.2, -0.15) is 0 Å². The smallest absolute Gasteiger partial charge is 0.693 e. The third kappa shape index (κ3) is 15.9. The fourth-order valence-electron chi connectivity index (χ4n) is 0.400. The largest absolute Gasteiger partial charge is 1.00 e. The second-order valence-corrected chi connectivity index (χ2v) is 2.61. The third-order valence-electron chi connectivity index (χ3n) is 0.994. The molecule has 0 aliphatic heterocycles. The van der Waals surface area contributed by atoms with Gasteiger partial charge in [-0.15, -0.1) is 0 Å². The number of nitrogens with two attached hydrogens (primary N) is 1. The first-order chi connectivity index (χ1) is 3.63. The van der Waals surface area contributed by atoms with E-state index in [9.17, 15) is 0 Å². The van der Waals surface area contributed by atoms with Gasteiger partial charge in [-0.1, -0.05) is 0 Å². The number of hydrogen-bond acceptors (Lipinski definition) is 2. The van der Waals surface area contributed by atoms with Gasteiger partial charge < -0.3 is 16.0 Å². The number of hydrogen-bond donors (Lipinski definition) is 0. The topological polar surface area (TPSA) is 40.0 Å². The summed E-state index contributed by atoms with van der Waals surface area (Å²) < 4.78 is 0.